The van der Waals surface area contributed by atoms with E-state index in [0.717, 1.165) is 5.75 Å². The molecule has 18 heavy (non-hydrogen) atoms. The first kappa shape index (κ1) is 12.6. The third-order valence-corrected chi connectivity index (χ3v) is 3.18. The molecule has 1 amide bonds. The second-order valence-electron chi connectivity index (χ2n) is 5.07. The molecule has 0 aliphatic carbocycles. The summed E-state index contributed by atoms with van der Waals surface area (Å²) in [6.07, 6.45) is -0.701. The van der Waals surface area contributed by atoms with Crippen LogP contribution in [0.15, 0.2) is 24.3 Å². The van der Waals surface area contributed by atoms with E-state index >= 15 is 0 Å². The maximum Gasteiger partial charge on any atom is 0.415 e. The summed E-state index contributed by atoms with van der Waals surface area (Å²) in [6, 6.07) is 6.40. The molecule has 1 fully saturated rings. The van der Waals surface area contributed by atoms with Crippen molar-refractivity contribution in [2.24, 2.45) is 0 Å². The zero-order valence-electron chi connectivity index (χ0n) is 10.5. The summed E-state index contributed by atoms with van der Waals surface area (Å²) in [5.41, 5.74) is 0.689. The van der Waals surface area contributed by atoms with E-state index in [-0.39, 0.29) is 0 Å². The molecule has 0 bridgehead atoms. The Hall–Kier alpha value is -1.82. The van der Waals surface area contributed by atoms with Crippen LogP contribution in [0, 0.1) is 0 Å². The number of alkyl carbamates (subject to hydrolysis) is 1. The lowest BCUT2D eigenvalue weighted by atomic mass is 10.1. The standard InChI is InChI=1S/C12H15NO4Si/c1-18(2,3)17-9-6-4-8(5-7-9)10-11(14)16-12(15)13-10/h4-7,10H,1-3H3,(H,13,15)/t10-/m1/s1. The second-order valence-corrected chi connectivity index (χ2v) is 9.50. The average Bonchev–Trinajstić information content (AvgIpc) is 2.57. The quantitative estimate of drug-likeness (QED) is 0.517. The maximum absolute atomic E-state index is 11.4. The van der Waals surface area contributed by atoms with Crippen LogP contribution in [-0.4, -0.2) is 20.4 Å². The predicted molar refractivity (Wildman–Crippen MR) is 67.8 cm³/mol. The Morgan fingerprint density at radius 2 is 1.78 bits per heavy atom. The Bertz CT molecular complexity index is 478. The van der Waals surface area contributed by atoms with Crippen molar-refractivity contribution in [2.75, 3.05) is 0 Å². The van der Waals surface area contributed by atoms with Gasteiger partial charge in [-0.3, -0.25) is 0 Å². The van der Waals surface area contributed by atoms with E-state index in [1.807, 2.05) is 0 Å². The first-order valence-corrected chi connectivity index (χ1v) is 9.07. The van der Waals surface area contributed by atoms with Gasteiger partial charge in [-0.15, -0.1) is 0 Å². The van der Waals surface area contributed by atoms with E-state index in [9.17, 15) is 9.59 Å². The van der Waals surface area contributed by atoms with Crippen molar-refractivity contribution >= 4 is 20.4 Å². The number of carbonyl (C=O) groups excluding carboxylic acids is 2. The van der Waals surface area contributed by atoms with Crippen molar-refractivity contribution < 1.29 is 18.8 Å². The lowest BCUT2D eigenvalue weighted by Crippen LogP contribution is -2.29. The SMILES string of the molecule is C[Si](C)(C)Oc1ccc([C@H]2NC(=O)OC2=O)cc1. The van der Waals surface area contributed by atoms with Gasteiger partial charge in [-0.05, 0) is 37.3 Å². The molecule has 1 aromatic rings. The normalized spacial score (nSPS) is 19.4. The number of hydrogen-bond acceptors (Lipinski definition) is 4. The van der Waals surface area contributed by atoms with Crippen molar-refractivity contribution in [1.29, 1.82) is 0 Å². The minimum Gasteiger partial charge on any atom is -0.544 e. The van der Waals surface area contributed by atoms with Crippen LogP contribution < -0.4 is 9.74 Å². The molecule has 0 saturated carbocycles. The van der Waals surface area contributed by atoms with Gasteiger partial charge >= 0.3 is 12.1 Å². The topological polar surface area (TPSA) is 64.6 Å². The highest BCUT2D eigenvalue weighted by atomic mass is 28.4. The van der Waals surface area contributed by atoms with E-state index < -0.39 is 26.4 Å². The zero-order valence-corrected chi connectivity index (χ0v) is 11.5. The van der Waals surface area contributed by atoms with Gasteiger partial charge in [0.15, 0.2) is 6.04 Å². The highest BCUT2D eigenvalue weighted by molar-refractivity contribution is 6.70. The number of cyclic esters (lactones) is 2. The van der Waals surface area contributed by atoms with Gasteiger partial charge in [0.25, 0.3) is 0 Å². The minimum absolute atomic E-state index is 0.570. The first-order chi connectivity index (χ1) is 8.35. The fraction of sp³-hybridized carbons (Fsp3) is 0.333. The number of hydrogen-bond donors (Lipinski definition) is 1. The predicted octanol–water partition coefficient (Wildman–Crippen LogP) is 2.21. The summed E-state index contributed by atoms with van der Waals surface area (Å²) in [6.45, 7) is 6.28. The molecule has 6 heteroatoms. The van der Waals surface area contributed by atoms with Crippen molar-refractivity contribution in [2.45, 2.75) is 25.7 Å². The molecule has 0 spiro atoms. The summed E-state index contributed by atoms with van der Waals surface area (Å²) in [4.78, 5) is 22.3. The number of esters is 1. The van der Waals surface area contributed by atoms with Crippen molar-refractivity contribution in [3.63, 3.8) is 0 Å². The molecule has 1 aliphatic rings. The lowest BCUT2D eigenvalue weighted by Gasteiger charge is -2.19. The summed E-state index contributed by atoms with van der Waals surface area (Å²) in [5, 5.41) is 2.44. The van der Waals surface area contributed by atoms with E-state index in [1.165, 1.54) is 0 Å². The van der Waals surface area contributed by atoms with Gasteiger partial charge in [0, 0.05) is 0 Å². The number of benzene rings is 1. The Balaban J connectivity index is 2.13. The monoisotopic (exact) mass is 265 g/mol. The first-order valence-electron chi connectivity index (χ1n) is 5.66. The van der Waals surface area contributed by atoms with Crippen LogP contribution in [0.4, 0.5) is 4.79 Å². The Labute approximate surface area is 106 Å². The molecule has 1 aliphatic heterocycles. The molecule has 1 saturated heterocycles. The highest BCUT2D eigenvalue weighted by Crippen LogP contribution is 2.23. The zero-order chi connectivity index (χ0) is 13.3. The van der Waals surface area contributed by atoms with E-state index in [1.54, 1.807) is 24.3 Å². The van der Waals surface area contributed by atoms with Gasteiger partial charge < -0.3 is 14.5 Å². The highest BCUT2D eigenvalue weighted by Gasteiger charge is 2.33. The molecule has 1 heterocycles. The molecule has 0 aromatic heterocycles. The molecule has 2 rings (SSSR count). The Morgan fingerprint density at radius 3 is 2.22 bits per heavy atom. The third-order valence-electron chi connectivity index (χ3n) is 2.33. The number of rotatable bonds is 3. The van der Waals surface area contributed by atoms with Crippen LogP contribution in [-0.2, 0) is 9.53 Å². The van der Waals surface area contributed by atoms with Crippen LogP contribution in [0.25, 0.3) is 0 Å². The van der Waals surface area contributed by atoms with Crippen molar-refractivity contribution in [1.82, 2.24) is 5.32 Å². The minimum atomic E-state index is -1.63. The van der Waals surface area contributed by atoms with Gasteiger partial charge in [-0.2, -0.15) is 0 Å². The molecule has 1 N–H and O–H groups in total. The molecule has 96 valence electrons. The average molecular weight is 265 g/mol. The molecule has 1 aromatic carbocycles. The summed E-state index contributed by atoms with van der Waals surface area (Å²) >= 11 is 0. The molecule has 5 nitrogen and oxygen atoms in total. The third kappa shape index (κ3) is 2.89. The summed E-state index contributed by atoms with van der Waals surface area (Å²) < 4.78 is 10.2. The molecular weight excluding hydrogens is 250 g/mol. The summed E-state index contributed by atoms with van der Waals surface area (Å²) in [5.74, 6) is 0.203. The number of nitrogens with one attached hydrogen (secondary N) is 1. The smallest absolute Gasteiger partial charge is 0.415 e. The van der Waals surface area contributed by atoms with E-state index in [2.05, 4.69) is 29.7 Å². The lowest BCUT2D eigenvalue weighted by molar-refractivity contribution is -0.135. The maximum atomic E-state index is 11.4. The van der Waals surface area contributed by atoms with Crippen molar-refractivity contribution in [3.05, 3.63) is 29.8 Å². The number of amides is 1. The largest absolute Gasteiger partial charge is 0.544 e. The van der Waals surface area contributed by atoms with Gasteiger partial charge in [0.2, 0.25) is 8.32 Å². The molecule has 0 unspecified atom stereocenters. The number of ether oxygens (including phenoxy) is 1. The Kier molecular flexibility index (Phi) is 3.12. The second kappa shape index (κ2) is 4.45. The van der Waals surface area contributed by atoms with Crippen LogP contribution in [0.5, 0.6) is 5.75 Å². The Morgan fingerprint density at radius 1 is 1.17 bits per heavy atom. The molecule has 0 radical (unpaired) electrons. The van der Waals surface area contributed by atoms with Crippen LogP contribution in [0.2, 0.25) is 19.6 Å². The van der Waals surface area contributed by atoms with Crippen LogP contribution in [0.3, 0.4) is 0 Å². The van der Waals surface area contributed by atoms with E-state index in [0.29, 0.717) is 5.56 Å². The van der Waals surface area contributed by atoms with Gasteiger partial charge in [-0.1, -0.05) is 12.1 Å². The molecule has 1 atom stereocenters. The van der Waals surface area contributed by atoms with Gasteiger partial charge in [0.05, 0.1) is 0 Å². The van der Waals surface area contributed by atoms with Crippen LogP contribution >= 0.6 is 0 Å². The van der Waals surface area contributed by atoms with Crippen molar-refractivity contribution in [3.8, 4) is 5.75 Å². The van der Waals surface area contributed by atoms with Gasteiger partial charge in [0.1, 0.15) is 5.75 Å². The molecular formula is C12H15NO4Si. The summed E-state index contributed by atoms with van der Waals surface area (Å²) in [7, 11) is -1.63. The fourth-order valence-corrected chi connectivity index (χ4v) is 2.50. The number of carbonyl (C=O) groups is 2. The van der Waals surface area contributed by atoms with E-state index in [4.69, 9.17) is 4.43 Å². The van der Waals surface area contributed by atoms with Gasteiger partial charge in [-0.25, -0.2) is 9.59 Å². The fourth-order valence-electron chi connectivity index (χ4n) is 1.66. The van der Waals surface area contributed by atoms with Crippen LogP contribution in [0.1, 0.15) is 11.6 Å².